The second-order valence-corrected chi connectivity index (χ2v) is 7.41. The van der Waals surface area contributed by atoms with E-state index in [1.165, 1.54) is 0 Å². The quantitative estimate of drug-likeness (QED) is 0.413. The molecule has 0 aromatic heterocycles. The van der Waals surface area contributed by atoms with Crippen molar-refractivity contribution in [3.63, 3.8) is 0 Å². The molecule has 7 nitrogen and oxygen atoms in total. The number of carbonyl (C=O) groups excluding carboxylic acids is 3. The summed E-state index contributed by atoms with van der Waals surface area (Å²) in [5.41, 5.74) is 5.27. The summed E-state index contributed by atoms with van der Waals surface area (Å²) in [6, 6.07) is -1.14. The largest absolute Gasteiger partial charge is 0.444 e. The average molecular weight is 343 g/mol. The zero-order valence-electron chi connectivity index (χ0n) is 15.6. The fraction of sp³-hybridized carbons (Fsp3) is 0.824. The molecule has 0 rings (SSSR count). The van der Waals surface area contributed by atoms with Crippen molar-refractivity contribution >= 4 is 18.3 Å². The maximum atomic E-state index is 11.9. The minimum atomic E-state index is -0.596. The Morgan fingerprint density at radius 3 is 2.33 bits per heavy atom. The summed E-state index contributed by atoms with van der Waals surface area (Å²) < 4.78 is 5.12. The lowest BCUT2D eigenvalue weighted by atomic mass is 10.0. The molecular formula is C17H33N3O4. The third-order valence-electron chi connectivity index (χ3n) is 3.16. The first kappa shape index (κ1) is 22.4. The Morgan fingerprint density at radius 1 is 1.21 bits per heavy atom. The van der Waals surface area contributed by atoms with Gasteiger partial charge in [0.15, 0.2) is 0 Å². The van der Waals surface area contributed by atoms with Gasteiger partial charge in [-0.3, -0.25) is 4.79 Å². The van der Waals surface area contributed by atoms with Gasteiger partial charge >= 0.3 is 6.09 Å². The van der Waals surface area contributed by atoms with E-state index in [-0.39, 0.29) is 5.91 Å². The highest BCUT2D eigenvalue weighted by molar-refractivity contribution is 5.84. The summed E-state index contributed by atoms with van der Waals surface area (Å²) in [5.74, 6) is 0.0204. The third kappa shape index (κ3) is 11.9. The Hall–Kier alpha value is -1.63. The lowest BCUT2D eigenvalue weighted by molar-refractivity contribution is -0.125. The number of amides is 2. The second-order valence-electron chi connectivity index (χ2n) is 7.41. The van der Waals surface area contributed by atoms with Gasteiger partial charge in [0, 0.05) is 6.54 Å². The SMILES string of the molecule is CC(C)CC(N)C(=O)N[C@@H](C=O)CCCCNC(=O)OC(C)(C)C. The Morgan fingerprint density at radius 2 is 1.83 bits per heavy atom. The summed E-state index contributed by atoms with van der Waals surface area (Å²) in [4.78, 5) is 34.4. The van der Waals surface area contributed by atoms with Crippen LogP contribution in [-0.4, -0.2) is 42.5 Å². The molecule has 7 heteroatoms. The number of unbranched alkanes of at least 4 members (excludes halogenated alkanes) is 1. The fourth-order valence-electron chi connectivity index (χ4n) is 2.07. The topological polar surface area (TPSA) is 111 Å². The maximum Gasteiger partial charge on any atom is 0.407 e. The van der Waals surface area contributed by atoms with E-state index < -0.39 is 23.8 Å². The summed E-state index contributed by atoms with van der Waals surface area (Å²) in [5, 5.41) is 5.31. The molecule has 0 fully saturated rings. The van der Waals surface area contributed by atoms with Crippen molar-refractivity contribution in [1.82, 2.24) is 10.6 Å². The van der Waals surface area contributed by atoms with Crippen molar-refractivity contribution in [1.29, 1.82) is 0 Å². The van der Waals surface area contributed by atoms with E-state index in [4.69, 9.17) is 10.5 Å². The molecule has 24 heavy (non-hydrogen) atoms. The van der Waals surface area contributed by atoms with Crippen LogP contribution in [0.3, 0.4) is 0 Å². The summed E-state index contributed by atoms with van der Waals surface area (Å²) in [7, 11) is 0. The van der Waals surface area contributed by atoms with E-state index >= 15 is 0 Å². The van der Waals surface area contributed by atoms with Gasteiger partial charge in [-0.05, 0) is 52.4 Å². The monoisotopic (exact) mass is 343 g/mol. The first-order valence-electron chi connectivity index (χ1n) is 8.53. The molecule has 0 spiro atoms. The third-order valence-corrected chi connectivity index (χ3v) is 3.16. The standard InChI is InChI=1S/C17H33N3O4/c1-12(2)10-14(18)15(22)20-13(11-21)8-6-7-9-19-16(23)24-17(3,4)5/h11-14H,6-10,18H2,1-5H3,(H,19,23)(H,20,22)/t13-,14?/m1/s1. The Bertz CT molecular complexity index is 405. The minimum absolute atomic E-state index is 0.298. The highest BCUT2D eigenvalue weighted by atomic mass is 16.6. The molecule has 0 bridgehead atoms. The van der Waals surface area contributed by atoms with Gasteiger partial charge in [-0.1, -0.05) is 13.8 Å². The molecular weight excluding hydrogens is 310 g/mol. The Kier molecular flexibility index (Phi) is 10.3. The van der Waals surface area contributed by atoms with E-state index in [0.29, 0.717) is 38.1 Å². The molecule has 0 aliphatic carbocycles. The number of hydrogen-bond acceptors (Lipinski definition) is 5. The molecule has 0 saturated carbocycles. The first-order valence-corrected chi connectivity index (χ1v) is 8.53. The van der Waals surface area contributed by atoms with Crippen LogP contribution in [0, 0.1) is 5.92 Å². The Labute approximate surface area is 145 Å². The Balaban J connectivity index is 3.96. The number of nitrogens with one attached hydrogen (secondary N) is 2. The first-order chi connectivity index (χ1) is 11.0. The molecule has 140 valence electrons. The number of nitrogens with two attached hydrogens (primary N) is 1. The second kappa shape index (κ2) is 11.0. The minimum Gasteiger partial charge on any atom is -0.444 e. The van der Waals surface area contributed by atoms with Crippen LogP contribution in [0.4, 0.5) is 4.79 Å². The smallest absolute Gasteiger partial charge is 0.407 e. The molecule has 0 aliphatic heterocycles. The van der Waals surface area contributed by atoms with Crippen LogP contribution in [0.5, 0.6) is 0 Å². The normalized spacial score (nSPS) is 14.0. The lowest BCUT2D eigenvalue weighted by Crippen LogP contribution is -2.46. The summed E-state index contributed by atoms with van der Waals surface area (Å²) in [6.45, 7) is 9.83. The van der Waals surface area contributed by atoms with Gasteiger partial charge in [0.05, 0.1) is 12.1 Å². The molecule has 2 atom stereocenters. The highest BCUT2D eigenvalue weighted by Crippen LogP contribution is 2.07. The molecule has 2 amide bonds. The van der Waals surface area contributed by atoms with E-state index in [9.17, 15) is 14.4 Å². The number of rotatable bonds is 10. The zero-order valence-corrected chi connectivity index (χ0v) is 15.6. The van der Waals surface area contributed by atoms with Crippen LogP contribution in [0.25, 0.3) is 0 Å². The summed E-state index contributed by atoms with van der Waals surface area (Å²) in [6.07, 6.45) is 2.75. The van der Waals surface area contributed by atoms with Crippen molar-refractivity contribution in [3.8, 4) is 0 Å². The molecule has 0 heterocycles. The van der Waals surface area contributed by atoms with Gasteiger partial charge < -0.3 is 25.9 Å². The molecule has 1 unspecified atom stereocenters. The average Bonchev–Trinajstić information content (AvgIpc) is 2.42. The zero-order chi connectivity index (χ0) is 18.8. The predicted octanol–water partition coefficient (Wildman–Crippen LogP) is 1.74. The molecule has 0 aromatic carbocycles. The van der Waals surface area contributed by atoms with Crippen LogP contribution >= 0.6 is 0 Å². The van der Waals surface area contributed by atoms with Crippen LogP contribution in [0.2, 0.25) is 0 Å². The highest BCUT2D eigenvalue weighted by Gasteiger charge is 2.19. The van der Waals surface area contributed by atoms with E-state index in [0.717, 1.165) is 6.29 Å². The van der Waals surface area contributed by atoms with Gasteiger partial charge in [-0.15, -0.1) is 0 Å². The van der Waals surface area contributed by atoms with Crippen molar-refractivity contribution in [2.75, 3.05) is 6.54 Å². The van der Waals surface area contributed by atoms with Crippen LogP contribution in [0.1, 0.15) is 60.3 Å². The van der Waals surface area contributed by atoms with Crippen molar-refractivity contribution in [3.05, 3.63) is 0 Å². The van der Waals surface area contributed by atoms with Gasteiger partial charge in [0.2, 0.25) is 5.91 Å². The van der Waals surface area contributed by atoms with Gasteiger partial charge in [-0.2, -0.15) is 0 Å². The van der Waals surface area contributed by atoms with Gasteiger partial charge in [0.25, 0.3) is 0 Å². The van der Waals surface area contributed by atoms with Crippen molar-refractivity contribution < 1.29 is 19.1 Å². The number of alkyl carbamates (subject to hydrolysis) is 1. The van der Waals surface area contributed by atoms with E-state index in [1.807, 2.05) is 13.8 Å². The van der Waals surface area contributed by atoms with Crippen LogP contribution in [-0.2, 0) is 14.3 Å². The summed E-state index contributed by atoms with van der Waals surface area (Å²) >= 11 is 0. The van der Waals surface area contributed by atoms with Gasteiger partial charge in [0.1, 0.15) is 11.9 Å². The van der Waals surface area contributed by atoms with Crippen molar-refractivity contribution in [2.45, 2.75) is 78.0 Å². The fourth-order valence-corrected chi connectivity index (χ4v) is 2.07. The molecule has 0 aliphatic rings. The number of hydrogen-bond donors (Lipinski definition) is 3. The lowest BCUT2D eigenvalue weighted by Gasteiger charge is -2.20. The maximum absolute atomic E-state index is 11.9. The van der Waals surface area contributed by atoms with Crippen molar-refractivity contribution in [2.24, 2.45) is 11.7 Å². The van der Waals surface area contributed by atoms with Crippen LogP contribution in [0.15, 0.2) is 0 Å². The number of carbonyl (C=O) groups is 3. The van der Waals surface area contributed by atoms with E-state index in [2.05, 4.69) is 10.6 Å². The van der Waals surface area contributed by atoms with Gasteiger partial charge in [-0.25, -0.2) is 4.79 Å². The molecule has 0 aromatic rings. The molecule has 4 N–H and O–H groups in total. The number of ether oxygens (including phenoxy) is 1. The number of aldehydes is 1. The molecule has 0 saturated heterocycles. The van der Waals surface area contributed by atoms with Crippen LogP contribution < -0.4 is 16.4 Å². The molecule has 0 radical (unpaired) electrons. The predicted molar refractivity (Wildman–Crippen MR) is 93.5 cm³/mol. The van der Waals surface area contributed by atoms with E-state index in [1.54, 1.807) is 20.8 Å².